The summed E-state index contributed by atoms with van der Waals surface area (Å²) in [5.41, 5.74) is 0.245. The Labute approximate surface area is 200 Å². The van der Waals surface area contributed by atoms with E-state index in [1.807, 2.05) is 7.05 Å². The van der Waals surface area contributed by atoms with Gasteiger partial charge < -0.3 is 20.1 Å². The fourth-order valence-corrected chi connectivity index (χ4v) is 5.12. The van der Waals surface area contributed by atoms with Crippen molar-refractivity contribution in [2.45, 2.75) is 57.6 Å². The van der Waals surface area contributed by atoms with Crippen LogP contribution in [0.25, 0.3) is 0 Å². The van der Waals surface area contributed by atoms with E-state index in [1.165, 1.54) is 32.1 Å². The largest absolute Gasteiger partial charge is 0.379 e. The Kier molecular flexibility index (Phi) is 11.7. The van der Waals surface area contributed by atoms with E-state index in [2.05, 4.69) is 39.3 Å². The molecule has 3 rings (SSSR count). The van der Waals surface area contributed by atoms with Gasteiger partial charge in [0.25, 0.3) is 0 Å². The molecule has 2 saturated heterocycles. The van der Waals surface area contributed by atoms with Crippen molar-refractivity contribution in [2.24, 2.45) is 10.9 Å². The number of rotatable bonds is 7. The molecule has 0 aromatic heterocycles. The molecule has 2 N–H and O–H groups in total. The highest BCUT2D eigenvalue weighted by Gasteiger charge is 2.38. The van der Waals surface area contributed by atoms with Gasteiger partial charge in [0.15, 0.2) is 5.96 Å². The molecule has 0 aromatic carbocycles. The summed E-state index contributed by atoms with van der Waals surface area (Å²) in [6.07, 6.45) is 6.79. The highest BCUT2D eigenvalue weighted by molar-refractivity contribution is 14.0. The molecule has 0 amide bonds. The molecule has 8 heteroatoms. The molecule has 176 valence electrons. The van der Waals surface area contributed by atoms with Gasteiger partial charge in [-0.25, -0.2) is 0 Å². The van der Waals surface area contributed by atoms with Crippen molar-refractivity contribution in [3.05, 3.63) is 0 Å². The summed E-state index contributed by atoms with van der Waals surface area (Å²) in [5.74, 6) is 1.59. The summed E-state index contributed by atoms with van der Waals surface area (Å²) in [6, 6.07) is 0. The number of guanidine groups is 1. The van der Waals surface area contributed by atoms with Gasteiger partial charge in [-0.05, 0) is 18.8 Å². The Balaban J connectivity index is 0.00000320. The van der Waals surface area contributed by atoms with E-state index >= 15 is 0 Å². The average Bonchev–Trinajstić information content (AvgIpc) is 2.75. The Hall–Kier alpha value is -0.160. The second-order valence-corrected chi connectivity index (χ2v) is 9.34. The minimum absolute atomic E-state index is 0. The number of aliphatic imine (C=N–C) groups is 1. The third kappa shape index (κ3) is 7.76. The fourth-order valence-electron chi connectivity index (χ4n) is 5.12. The average molecular weight is 538 g/mol. The molecular formula is C22H44IN5O2. The van der Waals surface area contributed by atoms with E-state index in [0.29, 0.717) is 5.92 Å². The summed E-state index contributed by atoms with van der Waals surface area (Å²) in [5, 5.41) is 7.16. The predicted octanol–water partition coefficient (Wildman–Crippen LogP) is 2.16. The number of morpholine rings is 2. The number of nitrogens with one attached hydrogen (secondary N) is 2. The van der Waals surface area contributed by atoms with Crippen molar-refractivity contribution in [1.82, 2.24) is 20.4 Å². The predicted molar refractivity (Wildman–Crippen MR) is 134 cm³/mol. The lowest BCUT2D eigenvalue weighted by Gasteiger charge is -2.48. The molecule has 0 aromatic rings. The molecular weight excluding hydrogens is 493 g/mol. The van der Waals surface area contributed by atoms with E-state index in [-0.39, 0.29) is 35.6 Å². The third-order valence-electron chi connectivity index (χ3n) is 6.62. The molecule has 7 nitrogen and oxygen atoms in total. The monoisotopic (exact) mass is 537 g/mol. The molecule has 2 heterocycles. The molecule has 3 fully saturated rings. The first-order valence-corrected chi connectivity index (χ1v) is 11.7. The van der Waals surface area contributed by atoms with Crippen LogP contribution in [0.3, 0.4) is 0 Å². The zero-order chi connectivity index (χ0) is 20.5. The highest BCUT2D eigenvalue weighted by Crippen LogP contribution is 2.33. The molecule has 3 aliphatic rings. The summed E-state index contributed by atoms with van der Waals surface area (Å²) in [4.78, 5) is 9.67. The number of halogens is 1. The van der Waals surface area contributed by atoms with Crippen LogP contribution in [-0.2, 0) is 9.47 Å². The highest BCUT2D eigenvalue weighted by atomic mass is 127. The van der Waals surface area contributed by atoms with E-state index in [9.17, 15) is 0 Å². The maximum absolute atomic E-state index is 5.99. The Morgan fingerprint density at radius 3 is 2.47 bits per heavy atom. The zero-order valence-corrected chi connectivity index (χ0v) is 21.7. The summed E-state index contributed by atoms with van der Waals surface area (Å²) < 4.78 is 11.6. The smallest absolute Gasteiger partial charge is 0.191 e. The van der Waals surface area contributed by atoms with Crippen LogP contribution in [0.1, 0.15) is 46.0 Å². The summed E-state index contributed by atoms with van der Waals surface area (Å²) in [7, 11) is 1.87. The standard InChI is InChI=1S/C22H43N5O2.HI/c1-19(2)16-26-9-14-29-20(17-26)15-24-21(23-3)25-18-22(7-5-4-6-8-22)27-10-12-28-13-11-27;/h19-20H,4-18H2,1-3H3,(H2,23,24,25);1H. The number of ether oxygens (including phenoxy) is 2. The van der Waals surface area contributed by atoms with Crippen molar-refractivity contribution in [1.29, 1.82) is 0 Å². The molecule has 0 radical (unpaired) electrons. The zero-order valence-electron chi connectivity index (χ0n) is 19.3. The van der Waals surface area contributed by atoms with Gasteiger partial charge in [-0.2, -0.15) is 0 Å². The van der Waals surface area contributed by atoms with E-state index in [1.54, 1.807) is 0 Å². The lowest BCUT2D eigenvalue weighted by atomic mass is 9.80. The van der Waals surface area contributed by atoms with E-state index in [4.69, 9.17) is 9.47 Å². The van der Waals surface area contributed by atoms with Gasteiger partial charge in [0.2, 0.25) is 0 Å². The number of hydrogen-bond acceptors (Lipinski definition) is 5. The number of hydrogen-bond donors (Lipinski definition) is 2. The molecule has 30 heavy (non-hydrogen) atoms. The third-order valence-corrected chi connectivity index (χ3v) is 6.62. The molecule has 1 saturated carbocycles. The van der Waals surface area contributed by atoms with Gasteiger partial charge >= 0.3 is 0 Å². The first-order valence-electron chi connectivity index (χ1n) is 11.7. The minimum atomic E-state index is 0. The van der Waals surface area contributed by atoms with Crippen LogP contribution in [0.4, 0.5) is 0 Å². The lowest BCUT2D eigenvalue weighted by Crippen LogP contribution is -2.60. The first-order chi connectivity index (χ1) is 14.1. The van der Waals surface area contributed by atoms with Crippen molar-refractivity contribution in [2.75, 3.05) is 72.7 Å². The Morgan fingerprint density at radius 2 is 1.80 bits per heavy atom. The van der Waals surface area contributed by atoms with Gasteiger partial charge in [-0.3, -0.25) is 14.8 Å². The van der Waals surface area contributed by atoms with Crippen LogP contribution < -0.4 is 10.6 Å². The quantitative estimate of drug-likeness (QED) is 0.295. The van der Waals surface area contributed by atoms with Crippen molar-refractivity contribution in [3.63, 3.8) is 0 Å². The summed E-state index contributed by atoms with van der Waals surface area (Å²) >= 11 is 0. The minimum Gasteiger partial charge on any atom is -0.379 e. The molecule has 0 bridgehead atoms. The van der Waals surface area contributed by atoms with Crippen LogP contribution in [0.5, 0.6) is 0 Å². The van der Waals surface area contributed by atoms with E-state index in [0.717, 1.165) is 71.6 Å². The molecule has 1 atom stereocenters. The maximum atomic E-state index is 5.99. The second kappa shape index (κ2) is 13.4. The molecule has 1 aliphatic carbocycles. The lowest BCUT2D eigenvalue weighted by molar-refractivity contribution is -0.0355. The van der Waals surface area contributed by atoms with Crippen LogP contribution in [-0.4, -0.2) is 100 Å². The Morgan fingerprint density at radius 1 is 1.07 bits per heavy atom. The molecule has 1 unspecified atom stereocenters. The molecule has 2 aliphatic heterocycles. The van der Waals surface area contributed by atoms with Crippen molar-refractivity contribution in [3.8, 4) is 0 Å². The normalized spacial score (nSPS) is 26.3. The van der Waals surface area contributed by atoms with Gasteiger partial charge in [-0.15, -0.1) is 24.0 Å². The van der Waals surface area contributed by atoms with Crippen LogP contribution in [0, 0.1) is 5.92 Å². The first kappa shape index (κ1) is 26.1. The van der Waals surface area contributed by atoms with Crippen LogP contribution in [0.2, 0.25) is 0 Å². The molecule has 0 spiro atoms. The van der Waals surface area contributed by atoms with Gasteiger partial charge in [0.1, 0.15) is 0 Å². The van der Waals surface area contributed by atoms with Crippen molar-refractivity contribution < 1.29 is 9.47 Å². The topological polar surface area (TPSA) is 61.4 Å². The van der Waals surface area contributed by atoms with E-state index < -0.39 is 0 Å². The van der Waals surface area contributed by atoms with Crippen molar-refractivity contribution >= 4 is 29.9 Å². The van der Waals surface area contributed by atoms with Gasteiger partial charge in [-0.1, -0.05) is 33.1 Å². The fraction of sp³-hybridized carbons (Fsp3) is 0.955. The second-order valence-electron chi connectivity index (χ2n) is 9.34. The van der Waals surface area contributed by atoms with Gasteiger partial charge in [0.05, 0.1) is 25.9 Å². The van der Waals surface area contributed by atoms with Crippen LogP contribution in [0.15, 0.2) is 4.99 Å². The summed E-state index contributed by atoms with van der Waals surface area (Å²) in [6.45, 7) is 14.2. The SMILES string of the molecule is CN=C(NCC1CN(CC(C)C)CCO1)NCC1(N2CCOCC2)CCCCC1.I. The number of nitrogens with zero attached hydrogens (tertiary/aromatic N) is 3. The van der Waals surface area contributed by atoms with Gasteiger partial charge in [0, 0.05) is 58.4 Å². The van der Waals surface area contributed by atoms with Crippen LogP contribution >= 0.6 is 24.0 Å². The maximum Gasteiger partial charge on any atom is 0.191 e. The Bertz CT molecular complexity index is 508.